The van der Waals surface area contributed by atoms with Crippen molar-refractivity contribution in [3.63, 3.8) is 0 Å². The highest BCUT2D eigenvalue weighted by atomic mass is 79.9. The van der Waals surface area contributed by atoms with Gasteiger partial charge in [-0.2, -0.15) is 0 Å². The van der Waals surface area contributed by atoms with E-state index in [1.165, 1.54) is 30.3 Å². The molecular weight excluding hydrogens is 321 g/mol. The number of hydrogen-bond donors (Lipinski definition) is 1. The molecule has 0 aromatic heterocycles. The molecular formula is C12H9BrFNO2S. The first kappa shape index (κ1) is 13.0. The molecule has 0 unspecified atom stereocenters. The molecule has 94 valence electrons. The van der Waals surface area contributed by atoms with Crippen LogP contribution >= 0.6 is 15.9 Å². The van der Waals surface area contributed by atoms with E-state index >= 15 is 0 Å². The molecule has 0 aliphatic carbocycles. The normalized spacial score (nSPS) is 11.2. The van der Waals surface area contributed by atoms with Crippen molar-refractivity contribution in [1.29, 1.82) is 0 Å². The van der Waals surface area contributed by atoms with Gasteiger partial charge in [-0.1, -0.05) is 18.2 Å². The van der Waals surface area contributed by atoms with Crippen LogP contribution < -0.4 is 4.72 Å². The lowest BCUT2D eigenvalue weighted by Crippen LogP contribution is -2.13. The van der Waals surface area contributed by atoms with E-state index in [1.54, 1.807) is 18.2 Å². The Morgan fingerprint density at radius 2 is 1.72 bits per heavy atom. The van der Waals surface area contributed by atoms with Crippen LogP contribution in [0.5, 0.6) is 0 Å². The summed E-state index contributed by atoms with van der Waals surface area (Å²) in [5.41, 5.74) is 0.292. The van der Waals surface area contributed by atoms with E-state index in [1.807, 2.05) is 0 Å². The van der Waals surface area contributed by atoms with Crippen molar-refractivity contribution < 1.29 is 12.8 Å². The zero-order chi connectivity index (χ0) is 13.2. The van der Waals surface area contributed by atoms with Gasteiger partial charge in [0.1, 0.15) is 5.82 Å². The van der Waals surface area contributed by atoms with Crippen molar-refractivity contribution in [3.8, 4) is 0 Å². The van der Waals surface area contributed by atoms with Crippen LogP contribution in [-0.4, -0.2) is 8.42 Å². The quantitative estimate of drug-likeness (QED) is 0.938. The molecule has 0 atom stereocenters. The van der Waals surface area contributed by atoms with E-state index in [-0.39, 0.29) is 4.90 Å². The van der Waals surface area contributed by atoms with Crippen LogP contribution in [-0.2, 0) is 10.0 Å². The predicted molar refractivity (Wildman–Crippen MR) is 71.4 cm³/mol. The number of halogens is 2. The smallest absolute Gasteiger partial charge is 0.261 e. The van der Waals surface area contributed by atoms with Crippen molar-refractivity contribution in [2.75, 3.05) is 4.72 Å². The lowest BCUT2D eigenvalue weighted by molar-refractivity contribution is 0.601. The molecule has 0 aliphatic heterocycles. The van der Waals surface area contributed by atoms with Crippen LogP contribution in [0.4, 0.5) is 10.1 Å². The Morgan fingerprint density at radius 3 is 2.33 bits per heavy atom. The van der Waals surface area contributed by atoms with Gasteiger partial charge in [0.15, 0.2) is 0 Å². The Morgan fingerprint density at radius 1 is 1.06 bits per heavy atom. The summed E-state index contributed by atoms with van der Waals surface area (Å²) in [6.45, 7) is 0. The molecule has 0 radical (unpaired) electrons. The lowest BCUT2D eigenvalue weighted by Gasteiger charge is -2.09. The predicted octanol–water partition coefficient (Wildman–Crippen LogP) is 3.39. The van der Waals surface area contributed by atoms with E-state index in [2.05, 4.69) is 20.7 Å². The van der Waals surface area contributed by atoms with Gasteiger partial charge in [0, 0.05) is 4.47 Å². The maximum Gasteiger partial charge on any atom is 0.261 e. The number of nitrogens with one attached hydrogen (secondary N) is 1. The molecule has 2 rings (SSSR count). The standard InChI is InChI=1S/C12H9BrFNO2S/c13-11-8-9(14)6-7-12(11)15-18(16,17)10-4-2-1-3-5-10/h1-8,15H. The second-order valence-electron chi connectivity index (χ2n) is 3.54. The van der Waals surface area contributed by atoms with Crippen LogP contribution in [0.3, 0.4) is 0 Å². The second-order valence-corrected chi connectivity index (χ2v) is 6.08. The van der Waals surface area contributed by atoms with Crippen molar-refractivity contribution in [3.05, 3.63) is 58.8 Å². The Hall–Kier alpha value is -1.40. The molecule has 1 N–H and O–H groups in total. The van der Waals surface area contributed by atoms with Crippen LogP contribution in [0.2, 0.25) is 0 Å². The summed E-state index contributed by atoms with van der Waals surface area (Å²) in [5, 5.41) is 0. The van der Waals surface area contributed by atoms with Crippen molar-refractivity contribution in [2.45, 2.75) is 4.90 Å². The third-order valence-corrected chi connectivity index (χ3v) is 4.27. The molecule has 0 heterocycles. The van der Waals surface area contributed by atoms with E-state index in [0.29, 0.717) is 10.2 Å². The number of rotatable bonds is 3. The Labute approximate surface area is 113 Å². The van der Waals surface area contributed by atoms with Gasteiger partial charge in [0.05, 0.1) is 10.6 Å². The molecule has 2 aromatic rings. The van der Waals surface area contributed by atoms with Crippen LogP contribution in [0.1, 0.15) is 0 Å². The third-order valence-electron chi connectivity index (χ3n) is 2.23. The van der Waals surface area contributed by atoms with E-state index in [9.17, 15) is 12.8 Å². The minimum atomic E-state index is -3.65. The summed E-state index contributed by atoms with van der Waals surface area (Å²) in [6.07, 6.45) is 0. The fourth-order valence-electron chi connectivity index (χ4n) is 1.38. The topological polar surface area (TPSA) is 46.2 Å². The fourth-order valence-corrected chi connectivity index (χ4v) is 3.06. The van der Waals surface area contributed by atoms with Crippen molar-refractivity contribution >= 4 is 31.6 Å². The van der Waals surface area contributed by atoms with Gasteiger partial charge < -0.3 is 0 Å². The van der Waals surface area contributed by atoms with Crippen molar-refractivity contribution in [1.82, 2.24) is 0 Å². The number of benzene rings is 2. The summed E-state index contributed by atoms with van der Waals surface area (Å²) in [7, 11) is -3.65. The molecule has 3 nitrogen and oxygen atoms in total. The third kappa shape index (κ3) is 2.88. The molecule has 2 aromatic carbocycles. The first-order valence-corrected chi connectivity index (χ1v) is 7.29. The van der Waals surface area contributed by atoms with Crippen LogP contribution in [0.25, 0.3) is 0 Å². The summed E-state index contributed by atoms with van der Waals surface area (Å²) >= 11 is 3.11. The summed E-state index contributed by atoms with van der Waals surface area (Å²) < 4.78 is 39.7. The minimum absolute atomic E-state index is 0.154. The minimum Gasteiger partial charge on any atom is -0.278 e. The number of anilines is 1. The lowest BCUT2D eigenvalue weighted by atomic mass is 10.3. The fraction of sp³-hybridized carbons (Fsp3) is 0. The first-order valence-electron chi connectivity index (χ1n) is 5.02. The zero-order valence-electron chi connectivity index (χ0n) is 9.10. The molecule has 0 bridgehead atoms. The monoisotopic (exact) mass is 329 g/mol. The number of hydrogen-bond acceptors (Lipinski definition) is 2. The highest BCUT2D eigenvalue weighted by molar-refractivity contribution is 9.10. The second kappa shape index (κ2) is 5.07. The summed E-state index contributed by atoms with van der Waals surface area (Å²) in [4.78, 5) is 0.154. The summed E-state index contributed by atoms with van der Waals surface area (Å²) in [6, 6.07) is 11.7. The van der Waals surface area contributed by atoms with Gasteiger partial charge >= 0.3 is 0 Å². The molecule has 0 saturated heterocycles. The SMILES string of the molecule is O=S(=O)(Nc1ccc(F)cc1Br)c1ccccc1. The maximum atomic E-state index is 12.9. The van der Waals surface area contributed by atoms with E-state index < -0.39 is 15.8 Å². The van der Waals surface area contributed by atoms with Gasteiger partial charge in [-0.05, 0) is 46.3 Å². The molecule has 0 spiro atoms. The van der Waals surface area contributed by atoms with E-state index in [0.717, 1.165) is 0 Å². The molecule has 0 fully saturated rings. The van der Waals surface area contributed by atoms with Gasteiger partial charge in [0.2, 0.25) is 0 Å². The van der Waals surface area contributed by atoms with Crippen LogP contribution in [0, 0.1) is 5.82 Å². The zero-order valence-corrected chi connectivity index (χ0v) is 11.5. The van der Waals surface area contributed by atoms with E-state index in [4.69, 9.17) is 0 Å². The molecule has 0 amide bonds. The average molecular weight is 330 g/mol. The van der Waals surface area contributed by atoms with Gasteiger partial charge in [0.25, 0.3) is 10.0 Å². The molecule has 0 aliphatic rings. The maximum absolute atomic E-state index is 12.9. The Bertz CT molecular complexity index is 659. The molecule has 6 heteroatoms. The highest BCUT2D eigenvalue weighted by Crippen LogP contribution is 2.25. The first-order chi connectivity index (χ1) is 8.49. The Kier molecular flexibility index (Phi) is 3.68. The van der Waals surface area contributed by atoms with Gasteiger partial charge in [-0.3, -0.25) is 4.72 Å². The molecule has 0 saturated carbocycles. The van der Waals surface area contributed by atoms with Crippen LogP contribution in [0.15, 0.2) is 57.9 Å². The molecule has 18 heavy (non-hydrogen) atoms. The van der Waals surface area contributed by atoms with Gasteiger partial charge in [-0.25, -0.2) is 12.8 Å². The Balaban J connectivity index is 2.34. The van der Waals surface area contributed by atoms with Gasteiger partial charge in [-0.15, -0.1) is 0 Å². The number of sulfonamides is 1. The highest BCUT2D eigenvalue weighted by Gasteiger charge is 2.15. The largest absolute Gasteiger partial charge is 0.278 e. The van der Waals surface area contributed by atoms with Crippen molar-refractivity contribution in [2.24, 2.45) is 0 Å². The average Bonchev–Trinajstić information content (AvgIpc) is 2.34. The summed E-state index contributed by atoms with van der Waals surface area (Å²) in [5.74, 6) is -0.440.